The molecule has 114 valence electrons. The smallest absolute Gasteiger partial charge is 0.154 e. The summed E-state index contributed by atoms with van der Waals surface area (Å²) in [7, 11) is 0. The number of hydrogen-bond acceptors (Lipinski definition) is 4. The minimum absolute atomic E-state index is 0.224. The minimum Gasteiger partial charge on any atom is -0.457 e. The molecule has 1 heterocycles. The third-order valence-electron chi connectivity index (χ3n) is 3.93. The van der Waals surface area contributed by atoms with E-state index in [0.717, 1.165) is 23.7 Å². The number of aryl methyl sites for hydroxylation is 1. The second-order valence-corrected chi connectivity index (χ2v) is 6.88. The summed E-state index contributed by atoms with van der Waals surface area (Å²) in [6, 6.07) is 16.2. The molecule has 0 amide bonds. The molecule has 4 heteroatoms. The van der Waals surface area contributed by atoms with E-state index in [1.165, 1.54) is 11.1 Å². The summed E-state index contributed by atoms with van der Waals surface area (Å²) in [5.41, 5.74) is 8.05. The number of amidine groups is 1. The fourth-order valence-corrected chi connectivity index (χ4v) is 3.49. The van der Waals surface area contributed by atoms with Gasteiger partial charge in [0.05, 0.1) is 5.54 Å². The predicted molar refractivity (Wildman–Crippen MR) is 93.7 cm³/mol. The van der Waals surface area contributed by atoms with Crippen LogP contribution in [0, 0.1) is 6.92 Å². The molecule has 0 aliphatic carbocycles. The van der Waals surface area contributed by atoms with Crippen molar-refractivity contribution in [2.45, 2.75) is 25.8 Å². The second kappa shape index (κ2) is 6.05. The van der Waals surface area contributed by atoms with Gasteiger partial charge in [0, 0.05) is 5.75 Å². The van der Waals surface area contributed by atoms with Crippen molar-refractivity contribution in [3.63, 3.8) is 0 Å². The van der Waals surface area contributed by atoms with Crippen molar-refractivity contribution in [3.8, 4) is 11.5 Å². The molecule has 0 aromatic heterocycles. The Bertz CT molecular complexity index is 679. The largest absolute Gasteiger partial charge is 0.457 e. The molecule has 3 rings (SSSR count). The maximum atomic E-state index is 5.88. The summed E-state index contributed by atoms with van der Waals surface area (Å²) in [6.45, 7) is 4.20. The van der Waals surface area contributed by atoms with Gasteiger partial charge in [-0.1, -0.05) is 41.6 Å². The van der Waals surface area contributed by atoms with E-state index in [2.05, 4.69) is 31.0 Å². The minimum atomic E-state index is -0.224. The molecular formula is C18H20N2OS. The van der Waals surface area contributed by atoms with E-state index in [1.807, 2.05) is 36.4 Å². The number of ether oxygens (including phenoxy) is 1. The SMILES string of the molecule is Cc1ccc(Oc2ccc(C3(C)CCSC(N)=N3)cc2)cc1. The maximum Gasteiger partial charge on any atom is 0.154 e. The van der Waals surface area contributed by atoms with Crippen molar-refractivity contribution >= 4 is 16.9 Å². The zero-order chi connectivity index (χ0) is 15.6. The molecule has 2 aromatic rings. The van der Waals surface area contributed by atoms with Crippen molar-refractivity contribution in [3.05, 3.63) is 59.7 Å². The molecule has 1 aliphatic heterocycles. The molecule has 0 spiro atoms. The average molecular weight is 312 g/mol. The van der Waals surface area contributed by atoms with E-state index in [4.69, 9.17) is 10.5 Å². The fraction of sp³-hybridized carbons (Fsp3) is 0.278. The van der Waals surface area contributed by atoms with Gasteiger partial charge in [0.2, 0.25) is 0 Å². The first-order chi connectivity index (χ1) is 10.5. The van der Waals surface area contributed by atoms with E-state index in [1.54, 1.807) is 11.8 Å². The highest BCUT2D eigenvalue weighted by Crippen LogP contribution is 2.36. The zero-order valence-electron chi connectivity index (χ0n) is 12.9. The van der Waals surface area contributed by atoms with Crippen molar-refractivity contribution < 1.29 is 4.74 Å². The topological polar surface area (TPSA) is 47.6 Å². The summed E-state index contributed by atoms with van der Waals surface area (Å²) in [6.07, 6.45) is 0.997. The number of aliphatic imine (C=N–C) groups is 1. The van der Waals surface area contributed by atoms with Crippen molar-refractivity contribution in [1.29, 1.82) is 0 Å². The van der Waals surface area contributed by atoms with Crippen LogP contribution in [0.3, 0.4) is 0 Å². The molecule has 3 nitrogen and oxygen atoms in total. The molecule has 22 heavy (non-hydrogen) atoms. The number of rotatable bonds is 3. The Kier molecular flexibility index (Phi) is 4.12. The lowest BCUT2D eigenvalue weighted by Gasteiger charge is -2.29. The Morgan fingerprint density at radius 2 is 1.64 bits per heavy atom. The van der Waals surface area contributed by atoms with Crippen LogP contribution < -0.4 is 10.5 Å². The lowest BCUT2D eigenvalue weighted by Crippen LogP contribution is -2.28. The molecule has 2 N–H and O–H groups in total. The Hall–Kier alpha value is -1.94. The number of thioether (sulfide) groups is 1. The lowest BCUT2D eigenvalue weighted by atomic mass is 9.90. The average Bonchev–Trinajstić information content (AvgIpc) is 2.50. The first-order valence-electron chi connectivity index (χ1n) is 7.38. The van der Waals surface area contributed by atoms with Crippen LogP contribution in [0.4, 0.5) is 0 Å². The van der Waals surface area contributed by atoms with E-state index in [-0.39, 0.29) is 5.54 Å². The van der Waals surface area contributed by atoms with Crippen molar-refractivity contribution in [2.24, 2.45) is 10.7 Å². The highest BCUT2D eigenvalue weighted by molar-refractivity contribution is 8.13. The van der Waals surface area contributed by atoms with Gasteiger partial charge >= 0.3 is 0 Å². The Balaban J connectivity index is 1.78. The van der Waals surface area contributed by atoms with Crippen LogP contribution in [0.25, 0.3) is 0 Å². The van der Waals surface area contributed by atoms with Crippen LogP contribution in [0.15, 0.2) is 53.5 Å². The fourth-order valence-electron chi connectivity index (χ4n) is 2.52. The van der Waals surface area contributed by atoms with Gasteiger partial charge in [-0.05, 0) is 50.1 Å². The summed E-state index contributed by atoms with van der Waals surface area (Å²) in [5, 5.41) is 0.675. The lowest BCUT2D eigenvalue weighted by molar-refractivity contribution is 0.471. The van der Waals surface area contributed by atoms with Gasteiger partial charge in [0.15, 0.2) is 5.17 Å². The monoisotopic (exact) mass is 312 g/mol. The van der Waals surface area contributed by atoms with Crippen molar-refractivity contribution in [1.82, 2.24) is 0 Å². The molecule has 0 radical (unpaired) electrons. The molecule has 0 saturated carbocycles. The Morgan fingerprint density at radius 3 is 2.23 bits per heavy atom. The van der Waals surface area contributed by atoms with Crippen molar-refractivity contribution in [2.75, 3.05) is 5.75 Å². The molecule has 0 saturated heterocycles. The van der Waals surface area contributed by atoms with Gasteiger partial charge < -0.3 is 10.5 Å². The molecule has 0 bridgehead atoms. The summed E-state index contributed by atoms with van der Waals surface area (Å²) in [5.74, 6) is 2.69. The second-order valence-electron chi connectivity index (χ2n) is 5.76. The first kappa shape index (κ1) is 15.0. The van der Waals surface area contributed by atoms with Gasteiger partial charge in [-0.25, -0.2) is 0 Å². The summed E-state index contributed by atoms with van der Waals surface area (Å²) < 4.78 is 5.87. The van der Waals surface area contributed by atoms with Gasteiger partial charge in [-0.2, -0.15) is 0 Å². The number of hydrogen-bond donors (Lipinski definition) is 1. The third kappa shape index (κ3) is 3.28. The van der Waals surface area contributed by atoms with Crippen LogP contribution in [0.5, 0.6) is 11.5 Å². The molecule has 1 aliphatic rings. The summed E-state index contributed by atoms with van der Waals surface area (Å²) in [4.78, 5) is 4.62. The van der Waals surface area contributed by atoms with Crippen LogP contribution >= 0.6 is 11.8 Å². The molecule has 2 aromatic carbocycles. The van der Waals surface area contributed by atoms with E-state index in [9.17, 15) is 0 Å². The standard InChI is InChI=1S/C18H20N2OS/c1-13-3-7-15(8-4-13)21-16-9-5-14(6-10-16)18(2)11-12-22-17(19)20-18/h3-10H,11-12H2,1-2H3,(H2,19,20). The number of nitrogens with two attached hydrogens (primary N) is 1. The first-order valence-corrected chi connectivity index (χ1v) is 8.37. The van der Waals surface area contributed by atoms with Crippen LogP contribution in [-0.4, -0.2) is 10.9 Å². The number of nitrogens with zero attached hydrogens (tertiary/aromatic N) is 1. The highest BCUT2D eigenvalue weighted by Gasteiger charge is 2.29. The third-order valence-corrected chi connectivity index (χ3v) is 4.72. The van der Waals surface area contributed by atoms with E-state index in [0.29, 0.717) is 5.17 Å². The molecular weight excluding hydrogens is 292 g/mol. The molecule has 1 unspecified atom stereocenters. The van der Waals surface area contributed by atoms with Crippen LogP contribution in [0.2, 0.25) is 0 Å². The van der Waals surface area contributed by atoms with Crippen LogP contribution in [0.1, 0.15) is 24.5 Å². The predicted octanol–water partition coefficient (Wildman–Crippen LogP) is 4.45. The van der Waals surface area contributed by atoms with Crippen LogP contribution in [-0.2, 0) is 5.54 Å². The maximum absolute atomic E-state index is 5.88. The van der Waals surface area contributed by atoms with Gasteiger partial charge in [-0.15, -0.1) is 0 Å². The van der Waals surface area contributed by atoms with E-state index < -0.39 is 0 Å². The Labute approximate surface area is 135 Å². The van der Waals surface area contributed by atoms with E-state index >= 15 is 0 Å². The van der Waals surface area contributed by atoms with Gasteiger partial charge in [-0.3, -0.25) is 4.99 Å². The quantitative estimate of drug-likeness (QED) is 0.910. The number of benzene rings is 2. The highest BCUT2D eigenvalue weighted by atomic mass is 32.2. The molecule has 0 fully saturated rings. The normalized spacial score (nSPS) is 21.3. The zero-order valence-corrected chi connectivity index (χ0v) is 13.7. The summed E-state index contributed by atoms with van der Waals surface area (Å²) >= 11 is 1.62. The van der Waals surface area contributed by atoms with Gasteiger partial charge in [0.1, 0.15) is 11.5 Å². The van der Waals surface area contributed by atoms with Gasteiger partial charge in [0.25, 0.3) is 0 Å². The Morgan fingerprint density at radius 1 is 1.05 bits per heavy atom. The molecule has 1 atom stereocenters.